The van der Waals surface area contributed by atoms with Gasteiger partial charge in [-0.25, -0.2) is 0 Å². The number of hydrogen-bond donors (Lipinski definition) is 0. The minimum Gasteiger partial charge on any atom is -0.195 e. The molecule has 1 atom stereocenters. The molecule has 0 aromatic rings. The van der Waals surface area contributed by atoms with Crippen LogP contribution in [0.4, 0.5) is 0 Å². The van der Waals surface area contributed by atoms with Gasteiger partial charge in [0.1, 0.15) is 0 Å². The molecular formula is C10H20N2O2S. The second-order valence-corrected chi connectivity index (χ2v) is 6.70. The monoisotopic (exact) mass is 232 g/mol. The maximum Gasteiger partial charge on any atom is 0.281 e. The van der Waals surface area contributed by atoms with Crippen molar-refractivity contribution in [2.24, 2.45) is 5.92 Å². The zero-order valence-corrected chi connectivity index (χ0v) is 10.3. The van der Waals surface area contributed by atoms with Crippen molar-refractivity contribution in [3.05, 3.63) is 0 Å². The number of nitrogens with zero attached hydrogens (tertiary/aromatic N) is 2. The van der Waals surface area contributed by atoms with Gasteiger partial charge in [-0.2, -0.15) is 17.0 Å². The summed E-state index contributed by atoms with van der Waals surface area (Å²) >= 11 is 0. The third-order valence-corrected chi connectivity index (χ3v) is 5.71. The van der Waals surface area contributed by atoms with Crippen molar-refractivity contribution in [3.63, 3.8) is 0 Å². The van der Waals surface area contributed by atoms with Crippen molar-refractivity contribution >= 4 is 10.2 Å². The average Bonchev–Trinajstić information content (AvgIpc) is 2.90. The highest BCUT2D eigenvalue weighted by atomic mass is 32.2. The predicted octanol–water partition coefficient (Wildman–Crippen LogP) is 1.06. The fourth-order valence-corrected chi connectivity index (χ4v) is 3.86. The molecule has 0 spiro atoms. The van der Waals surface area contributed by atoms with Crippen LogP contribution in [-0.2, 0) is 10.2 Å². The van der Waals surface area contributed by atoms with Gasteiger partial charge in [0.05, 0.1) is 0 Å². The van der Waals surface area contributed by atoms with E-state index in [2.05, 4.69) is 0 Å². The lowest BCUT2D eigenvalue weighted by molar-refractivity contribution is 0.323. The molecule has 0 radical (unpaired) electrons. The van der Waals surface area contributed by atoms with E-state index in [0.717, 1.165) is 12.8 Å². The summed E-state index contributed by atoms with van der Waals surface area (Å²) in [5.74, 6) is 0.590. The highest BCUT2D eigenvalue weighted by Gasteiger charge is 2.38. The molecule has 2 aliphatic rings. The summed E-state index contributed by atoms with van der Waals surface area (Å²) in [6.45, 7) is 3.42. The lowest BCUT2D eigenvalue weighted by atomic mass is 10.2. The third-order valence-electron chi connectivity index (χ3n) is 3.63. The highest BCUT2D eigenvalue weighted by molar-refractivity contribution is 7.86. The van der Waals surface area contributed by atoms with Gasteiger partial charge in [0.15, 0.2) is 0 Å². The number of hydrogen-bond acceptors (Lipinski definition) is 2. The Bertz CT molecular complexity index is 318. The van der Waals surface area contributed by atoms with Crippen LogP contribution in [0.1, 0.15) is 32.6 Å². The summed E-state index contributed by atoms with van der Waals surface area (Å²) in [5, 5.41) is 0. The van der Waals surface area contributed by atoms with Crippen LogP contribution >= 0.6 is 0 Å². The van der Waals surface area contributed by atoms with E-state index in [1.54, 1.807) is 15.7 Å². The van der Waals surface area contributed by atoms with Crippen molar-refractivity contribution in [1.29, 1.82) is 0 Å². The van der Waals surface area contributed by atoms with Gasteiger partial charge in [-0.1, -0.05) is 0 Å². The molecule has 2 fully saturated rings. The molecule has 15 heavy (non-hydrogen) atoms. The maximum absolute atomic E-state index is 12.2. The van der Waals surface area contributed by atoms with Gasteiger partial charge in [-0.3, -0.25) is 0 Å². The summed E-state index contributed by atoms with van der Waals surface area (Å²) in [5.41, 5.74) is 0. The molecule has 1 saturated heterocycles. The molecule has 4 nitrogen and oxygen atoms in total. The van der Waals surface area contributed by atoms with Crippen molar-refractivity contribution in [2.45, 2.75) is 38.6 Å². The molecule has 0 N–H and O–H groups in total. The first-order valence-electron chi connectivity index (χ1n) is 5.76. The van der Waals surface area contributed by atoms with Gasteiger partial charge in [-0.05, 0) is 38.5 Å². The summed E-state index contributed by atoms with van der Waals surface area (Å²) in [4.78, 5) is 0. The van der Waals surface area contributed by atoms with Crippen LogP contribution in [0.15, 0.2) is 0 Å². The molecule has 0 bridgehead atoms. The fraction of sp³-hybridized carbons (Fsp3) is 1.00. The van der Waals surface area contributed by atoms with E-state index in [1.807, 2.05) is 6.92 Å². The first kappa shape index (κ1) is 11.4. The molecule has 0 aromatic heterocycles. The van der Waals surface area contributed by atoms with Crippen LogP contribution in [0.2, 0.25) is 0 Å². The largest absolute Gasteiger partial charge is 0.281 e. The Hall–Kier alpha value is -0.130. The Labute approximate surface area is 92.4 Å². The molecule has 1 heterocycles. The zero-order valence-electron chi connectivity index (χ0n) is 9.52. The van der Waals surface area contributed by atoms with Crippen molar-refractivity contribution in [1.82, 2.24) is 8.61 Å². The fourth-order valence-electron chi connectivity index (χ4n) is 2.19. The van der Waals surface area contributed by atoms with Crippen LogP contribution in [0.25, 0.3) is 0 Å². The van der Waals surface area contributed by atoms with Crippen molar-refractivity contribution in [3.8, 4) is 0 Å². The quantitative estimate of drug-likeness (QED) is 0.727. The van der Waals surface area contributed by atoms with Crippen LogP contribution in [-0.4, -0.2) is 43.2 Å². The molecule has 2 rings (SSSR count). The van der Waals surface area contributed by atoms with Gasteiger partial charge < -0.3 is 0 Å². The van der Waals surface area contributed by atoms with Crippen LogP contribution in [0.3, 0.4) is 0 Å². The molecule has 1 aliphatic carbocycles. The van der Waals surface area contributed by atoms with E-state index < -0.39 is 10.2 Å². The van der Waals surface area contributed by atoms with E-state index in [1.165, 1.54) is 12.8 Å². The smallest absolute Gasteiger partial charge is 0.195 e. The summed E-state index contributed by atoms with van der Waals surface area (Å²) in [6, 6.07) is 0.163. The van der Waals surface area contributed by atoms with Gasteiger partial charge in [0.2, 0.25) is 0 Å². The maximum atomic E-state index is 12.2. The normalized spacial score (nSPS) is 26.1. The average molecular weight is 232 g/mol. The topological polar surface area (TPSA) is 40.6 Å². The van der Waals surface area contributed by atoms with Gasteiger partial charge in [0.25, 0.3) is 10.2 Å². The van der Waals surface area contributed by atoms with Gasteiger partial charge >= 0.3 is 0 Å². The van der Waals surface area contributed by atoms with Gasteiger partial charge in [0, 0.05) is 26.2 Å². The standard InChI is InChI=1S/C10H20N2O2S/c1-9(10-5-6-10)11(2)15(13,14)12-7-3-4-8-12/h9-10H,3-8H2,1-2H3. The Morgan fingerprint density at radius 1 is 1.27 bits per heavy atom. The SMILES string of the molecule is CC(C1CC1)N(C)S(=O)(=O)N1CCCC1. The lowest BCUT2D eigenvalue weighted by Crippen LogP contribution is -2.45. The molecular weight excluding hydrogens is 212 g/mol. The van der Waals surface area contributed by atoms with Crippen molar-refractivity contribution in [2.75, 3.05) is 20.1 Å². The number of rotatable bonds is 4. The van der Waals surface area contributed by atoms with Crippen LogP contribution < -0.4 is 0 Å². The first-order chi connectivity index (χ1) is 7.03. The molecule has 1 unspecified atom stereocenters. The Morgan fingerprint density at radius 3 is 2.27 bits per heavy atom. The molecule has 0 amide bonds. The van der Waals surface area contributed by atoms with E-state index in [4.69, 9.17) is 0 Å². The van der Waals surface area contributed by atoms with Crippen molar-refractivity contribution < 1.29 is 8.42 Å². The third kappa shape index (κ3) is 2.19. The van der Waals surface area contributed by atoms with Crippen LogP contribution in [0, 0.1) is 5.92 Å². The Balaban J connectivity index is 2.06. The van der Waals surface area contributed by atoms with Gasteiger partial charge in [-0.15, -0.1) is 0 Å². The summed E-state index contributed by atoms with van der Waals surface area (Å²) < 4.78 is 27.5. The second-order valence-electron chi connectivity index (χ2n) is 4.71. The molecule has 5 heteroatoms. The minimum atomic E-state index is -3.18. The van der Waals surface area contributed by atoms with E-state index in [-0.39, 0.29) is 6.04 Å². The van der Waals surface area contributed by atoms with E-state index in [9.17, 15) is 8.42 Å². The second kappa shape index (κ2) is 4.03. The Morgan fingerprint density at radius 2 is 1.80 bits per heavy atom. The highest BCUT2D eigenvalue weighted by Crippen LogP contribution is 2.36. The molecule has 88 valence electrons. The van der Waals surface area contributed by atoms with E-state index in [0.29, 0.717) is 19.0 Å². The zero-order chi connectivity index (χ0) is 11.1. The minimum absolute atomic E-state index is 0.163. The van der Waals surface area contributed by atoms with E-state index >= 15 is 0 Å². The summed E-state index contributed by atoms with van der Waals surface area (Å²) in [7, 11) is -1.46. The lowest BCUT2D eigenvalue weighted by Gasteiger charge is -2.28. The Kier molecular flexibility index (Phi) is 3.05. The molecule has 1 aliphatic heterocycles. The molecule has 1 saturated carbocycles. The molecule has 0 aromatic carbocycles. The van der Waals surface area contributed by atoms with Crippen LogP contribution in [0.5, 0.6) is 0 Å². The summed E-state index contributed by atoms with van der Waals surface area (Å²) in [6.07, 6.45) is 4.37. The first-order valence-corrected chi connectivity index (χ1v) is 7.16. The predicted molar refractivity (Wildman–Crippen MR) is 59.7 cm³/mol.